The summed E-state index contributed by atoms with van der Waals surface area (Å²) >= 11 is 11.9. The van der Waals surface area contributed by atoms with Gasteiger partial charge in [-0.15, -0.1) is 0 Å². The summed E-state index contributed by atoms with van der Waals surface area (Å²) in [6.45, 7) is 3.48. The molecule has 0 unspecified atom stereocenters. The number of halogens is 2. The standard InChI is InChI=1S/C10H11Cl2NO2/c1-5-6(2)10(15-4-9(13)14)8(12)3-7(5)11/h3H,4H2,1-2H3,(H2,13,14). The third-order valence-corrected chi connectivity index (χ3v) is 2.76. The lowest BCUT2D eigenvalue weighted by Crippen LogP contribution is -2.20. The second kappa shape index (κ2) is 4.73. The number of hydrogen-bond donors (Lipinski definition) is 1. The lowest BCUT2D eigenvalue weighted by Gasteiger charge is -2.12. The van der Waals surface area contributed by atoms with Gasteiger partial charge in [0.1, 0.15) is 5.75 Å². The number of amides is 1. The number of primary amides is 1. The van der Waals surface area contributed by atoms with Crippen LogP contribution < -0.4 is 10.5 Å². The number of carbonyl (C=O) groups excluding carboxylic acids is 1. The van der Waals surface area contributed by atoms with Crippen LogP contribution in [0.5, 0.6) is 5.75 Å². The average molecular weight is 248 g/mol. The van der Waals surface area contributed by atoms with Gasteiger partial charge in [-0.05, 0) is 31.0 Å². The van der Waals surface area contributed by atoms with Crippen LogP contribution in [-0.4, -0.2) is 12.5 Å². The molecule has 0 fully saturated rings. The van der Waals surface area contributed by atoms with Crippen molar-refractivity contribution < 1.29 is 9.53 Å². The second-order valence-corrected chi connectivity index (χ2v) is 3.99. The smallest absolute Gasteiger partial charge is 0.255 e. The number of ether oxygens (including phenoxy) is 1. The lowest BCUT2D eigenvalue weighted by atomic mass is 10.1. The van der Waals surface area contributed by atoms with Crippen molar-refractivity contribution in [2.75, 3.05) is 6.61 Å². The van der Waals surface area contributed by atoms with Crippen molar-refractivity contribution in [1.29, 1.82) is 0 Å². The zero-order valence-corrected chi connectivity index (χ0v) is 9.95. The first-order valence-corrected chi connectivity index (χ1v) is 5.05. The first kappa shape index (κ1) is 12.1. The molecule has 0 spiro atoms. The maximum atomic E-state index is 10.6. The number of benzene rings is 1. The van der Waals surface area contributed by atoms with Crippen molar-refractivity contribution in [1.82, 2.24) is 0 Å². The SMILES string of the molecule is Cc1c(Cl)cc(Cl)c(OCC(N)=O)c1C. The minimum Gasteiger partial charge on any atom is -0.482 e. The van der Waals surface area contributed by atoms with Gasteiger partial charge in [-0.1, -0.05) is 23.2 Å². The number of nitrogens with two attached hydrogens (primary N) is 1. The highest BCUT2D eigenvalue weighted by Gasteiger charge is 2.12. The fourth-order valence-electron chi connectivity index (χ4n) is 1.13. The Labute approximate surface area is 98.1 Å². The fraction of sp³-hybridized carbons (Fsp3) is 0.300. The van der Waals surface area contributed by atoms with E-state index in [1.807, 2.05) is 13.8 Å². The van der Waals surface area contributed by atoms with Crippen molar-refractivity contribution in [2.24, 2.45) is 5.73 Å². The monoisotopic (exact) mass is 247 g/mol. The topological polar surface area (TPSA) is 52.3 Å². The predicted octanol–water partition coefficient (Wildman–Crippen LogP) is 2.47. The summed E-state index contributed by atoms with van der Waals surface area (Å²) in [5.41, 5.74) is 6.66. The number of rotatable bonds is 3. The molecule has 0 saturated heterocycles. The minimum absolute atomic E-state index is 0.193. The molecular formula is C10H11Cl2NO2. The molecule has 1 rings (SSSR count). The van der Waals surface area contributed by atoms with Crippen molar-refractivity contribution >= 4 is 29.1 Å². The quantitative estimate of drug-likeness (QED) is 0.893. The van der Waals surface area contributed by atoms with Crippen LogP contribution in [0.4, 0.5) is 0 Å². The summed E-state index contributed by atoms with van der Waals surface area (Å²) in [6, 6.07) is 1.59. The molecule has 5 heteroatoms. The van der Waals surface area contributed by atoms with Crippen LogP contribution in [0.1, 0.15) is 11.1 Å². The summed E-state index contributed by atoms with van der Waals surface area (Å²) in [6.07, 6.45) is 0. The van der Waals surface area contributed by atoms with E-state index in [0.717, 1.165) is 11.1 Å². The van der Waals surface area contributed by atoms with E-state index < -0.39 is 5.91 Å². The molecule has 1 aromatic rings. The summed E-state index contributed by atoms with van der Waals surface area (Å²) in [4.78, 5) is 10.6. The number of hydrogen-bond acceptors (Lipinski definition) is 2. The normalized spacial score (nSPS) is 10.1. The van der Waals surface area contributed by atoms with E-state index in [9.17, 15) is 4.79 Å². The first-order chi connectivity index (χ1) is 6.93. The van der Waals surface area contributed by atoms with Crippen LogP contribution >= 0.6 is 23.2 Å². The summed E-state index contributed by atoms with van der Waals surface area (Å²) in [7, 11) is 0. The zero-order valence-electron chi connectivity index (χ0n) is 8.43. The van der Waals surface area contributed by atoms with Crippen molar-refractivity contribution in [3.05, 3.63) is 27.2 Å². The van der Waals surface area contributed by atoms with E-state index in [0.29, 0.717) is 15.8 Å². The molecule has 82 valence electrons. The van der Waals surface area contributed by atoms with Gasteiger partial charge in [-0.2, -0.15) is 0 Å². The molecule has 1 aromatic carbocycles. The van der Waals surface area contributed by atoms with E-state index in [4.69, 9.17) is 33.7 Å². The van der Waals surface area contributed by atoms with E-state index in [1.165, 1.54) is 0 Å². The van der Waals surface area contributed by atoms with Gasteiger partial charge < -0.3 is 10.5 Å². The van der Waals surface area contributed by atoms with Crippen molar-refractivity contribution in [3.63, 3.8) is 0 Å². The largest absolute Gasteiger partial charge is 0.482 e. The molecular weight excluding hydrogens is 237 g/mol. The lowest BCUT2D eigenvalue weighted by molar-refractivity contribution is -0.119. The van der Waals surface area contributed by atoms with E-state index in [2.05, 4.69) is 0 Å². The van der Waals surface area contributed by atoms with Crippen LogP contribution in [0, 0.1) is 13.8 Å². The Hall–Kier alpha value is -0.930. The Kier molecular flexibility index (Phi) is 3.83. The molecule has 0 aromatic heterocycles. The molecule has 0 aliphatic heterocycles. The molecule has 2 N–H and O–H groups in total. The average Bonchev–Trinajstić information content (AvgIpc) is 2.14. The van der Waals surface area contributed by atoms with E-state index >= 15 is 0 Å². The molecule has 0 radical (unpaired) electrons. The van der Waals surface area contributed by atoms with Crippen LogP contribution in [-0.2, 0) is 4.79 Å². The van der Waals surface area contributed by atoms with Crippen LogP contribution in [0.25, 0.3) is 0 Å². The highest BCUT2D eigenvalue weighted by molar-refractivity contribution is 6.36. The van der Waals surface area contributed by atoms with Crippen LogP contribution in [0.2, 0.25) is 10.0 Å². The fourth-order valence-corrected chi connectivity index (χ4v) is 1.75. The van der Waals surface area contributed by atoms with Crippen molar-refractivity contribution in [3.8, 4) is 5.75 Å². The second-order valence-electron chi connectivity index (χ2n) is 3.17. The summed E-state index contributed by atoms with van der Waals surface area (Å²) < 4.78 is 5.20. The first-order valence-electron chi connectivity index (χ1n) is 4.29. The Morgan fingerprint density at radius 2 is 1.93 bits per heavy atom. The number of carbonyl (C=O) groups is 1. The van der Waals surface area contributed by atoms with Crippen molar-refractivity contribution in [2.45, 2.75) is 13.8 Å². The summed E-state index contributed by atoms with van der Waals surface area (Å²) in [5, 5.41) is 0.952. The summed E-state index contributed by atoms with van der Waals surface area (Å²) in [5.74, 6) is -0.0876. The Bertz CT molecular complexity index is 405. The molecule has 0 bridgehead atoms. The Balaban J connectivity index is 3.07. The van der Waals surface area contributed by atoms with Gasteiger partial charge in [0.15, 0.2) is 6.61 Å². The van der Waals surface area contributed by atoms with Crippen LogP contribution in [0.15, 0.2) is 6.07 Å². The highest BCUT2D eigenvalue weighted by Crippen LogP contribution is 2.35. The highest BCUT2D eigenvalue weighted by atomic mass is 35.5. The third-order valence-electron chi connectivity index (χ3n) is 2.09. The molecule has 0 heterocycles. The Morgan fingerprint density at radius 3 is 2.47 bits per heavy atom. The molecule has 0 saturated carbocycles. The van der Waals surface area contributed by atoms with Gasteiger partial charge >= 0.3 is 0 Å². The molecule has 0 aliphatic rings. The Morgan fingerprint density at radius 1 is 1.33 bits per heavy atom. The van der Waals surface area contributed by atoms with E-state index in [1.54, 1.807) is 6.07 Å². The maximum absolute atomic E-state index is 10.6. The molecule has 3 nitrogen and oxygen atoms in total. The minimum atomic E-state index is -0.543. The molecule has 15 heavy (non-hydrogen) atoms. The van der Waals surface area contributed by atoms with E-state index in [-0.39, 0.29) is 6.61 Å². The predicted molar refractivity (Wildman–Crippen MR) is 60.6 cm³/mol. The zero-order chi connectivity index (χ0) is 11.6. The van der Waals surface area contributed by atoms with Gasteiger partial charge in [-0.25, -0.2) is 0 Å². The van der Waals surface area contributed by atoms with Crippen LogP contribution in [0.3, 0.4) is 0 Å². The van der Waals surface area contributed by atoms with Gasteiger partial charge in [0.05, 0.1) is 5.02 Å². The van der Waals surface area contributed by atoms with Gasteiger partial charge in [0.25, 0.3) is 5.91 Å². The maximum Gasteiger partial charge on any atom is 0.255 e. The third kappa shape index (κ3) is 2.76. The molecule has 0 atom stereocenters. The molecule has 0 aliphatic carbocycles. The van der Waals surface area contributed by atoms with Gasteiger partial charge in [0, 0.05) is 5.02 Å². The molecule has 1 amide bonds. The van der Waals surface area contributed by atoms with Gasteiger partial charge in [-0.3, -0.25) is 4.79 Å². The van der Waals surface area contributed by atoms with Gasteiger partial charge in [0.2, 0.25) is 0 Å².